The minimum atomic E-state index is -0.149. The first-order valence-corrected chi connectivity index (χ1v) is 6.62. The highest BCUT2D eigenvalue weighted by Crippen LogP contribution is 2.50. The zero-order valence-electron chi connectivity index (χ0n) is 9.86. The average molecular weight is 211 g/mol. The van der Waals surface area contributed by atoms with Gasteiger partial charge in [0.05, 0.1) is 6.10 Å². The van der Waals surface area contributed by atoms with Crippen LogP contribution in [0.4, 0.5) is 0 Å². The van der Waals surface area contributed by atoms with Crippen molar-refractivity contribution in [2.24, 2.45) is 29.4 Å². The Hall–Kier alpha value is -0.0800. The smallest absolute Gasteiger partial charge is 0.0583 e. The van der Waals surface area contributed by atoms with Crippen molar-refractivity contribution in [3.05, 3.63) is 0 Å². The lowest BCUT2D eigenvalue weighted by molar-refractivity contribution is 0.0718. The van der Waals surface area contributed by atoms with Crippen molar-refractivity contribution in [1.82, 2.24) is 0 Å². The van der Waals surface area contributed by atoms with Gasteiger partial charge in [0.15, 0.2) is 0 Å². The van der Waals surface area contributed by atoms with Crippen molar-refractivity contribution in [2.45, 2.75) is 51.6 Å². The van der Waals surface area contributed by atoms with Crippen LogP contribution in [0.25, 0.3) is 0 Å². The summed E-state index contributed by atoms with van der Waals surface area (Å²) in [5.74, 6) is 3.05. The second-order valence-electron chi connectivity index (χ2n) is 5.64. The van der Waals surface area contributed by atoms with E-state index < -0.39 is 0 Å². The molecule has 5 unspecified atom stereocenters. The molecule has 2 saturated carbocycles. The Balaban J connectivity index is 1.81. The van der Waals surface area contributed by atoms with Crippen molar-refractivity contribution in [3.63, 3.8) is 0 Å². The molecule has 2 aliphatic carbocycles. The lowest BCUT2D eigenvalue weighted by atomic mass is 9.82. The predicted octanol–water partition coefficient (Wildman–Crippen LogP) is 2.16. The predicted molar refractivity (Wildman–Crippen MR) is 62.4 cm³/mol. The molecule has 0 heterocycles. The quantitative estimate of drug-likeness (QED) is 0.732. The number of fused-ring (bicyclic) bond motifs is 2. The Morgan fingerprint density at radius 2 is 2.13 bits per heavy atom. The van der Waals surface area contributed by atoms with Gasteiger partial charge in [0.25, 0.3) is 0 Å². The van der Waals surface area contributed by atoms with Gasteiger partial charge in [-0.2, -0.15) is 0 Å². The van der Waals surface area contributed by atoms with Gasteiger partial charge in [0.1, 0.15) is 0 Å². The van der Waals surface area contributed by atoms with E-state index in [1.807, 2.05) is 0 Å². The zero-order valence-corrected chi connectivity index (χ0v) is 9.86. The normalized spacial score (nSPS) is 38.2. The van der Waals surface area contributed by atoms with E-state index in [4.69, 9.17) is 5.73 Å². The van der Waals surface area contributed by atoms with Crippen LogP contribution in [0.3, 0.4) is 0 Å². The van der Waals surface area contributed by atoms with Gasteiger partial charge < -0.3 is 10.8 Å². The highest BCUT2D eigenvalue weighted by molar-refractivity contribution is 4.91. The van der Waals surface area contributed by atoms with E-state index in [1.54, 1.807) is 0 Å². The van der Waals surface area contributed by atoms with E-state index in [0.717, 1.165) is 30.6 Å². The molecule has 0 aromatic rings. The molecule has 2 aliphatic rings. The minimum Gasteiger partial charge on any atom is -0.393 e. The van der Waals surface area contributed by atoms with Gasteiger partial charge in [-0.15, -0.1) is 0 Å². The lowest BCUT2D eigenvalue weighted by Crippen LogP contribution is -2.30. The van der Waals surface area contributed by atoms with E-state index in [0.29, 0.717) is 12.5 Å². The summed E-state index contributed by atoms with van der Waals surface area (Å²) in [6.45, 7) is 2.76. The molecule has 2 nitrogen and oxygen atoms in total. The molecule has 0 aromatic carbocycles. The number of hydrogen-bond donors (Lipinski definition) is 2. The van der Waals surface area contributed by atoms with Crippen molar-refractivity contribution in [3.8, 4) is 0 Å². The number of nitrogens with two attached hydrogens (primary N) is 1. The molecular weight excluding hydrogens is 186 g/mol. The minimum absolute atomic E-state index is 0.149. The summed E-state index contributed by atoms with van der Waals surface area (Å²) in [4.78, 5) is 0. The fourth-order valence-corrected chi connectivity index (χ4v) is 3.76. The van der Waals surface area contributed by atoms with Crippen LogP contribution in [0.5, 0.6) is 0 Å². The third kappa shape index (κ3) is 2.36. The Kier molecular flexibility index (Phi) is 3.68. The fourth-order valence-electron chi connectivity index (χ4n) is 3.76. The molecule has 2 rings (SSSR count). The maximum absolute atomic E-state index is 10.1. The van der Waals surface area contributed by atoms with Gasteiger partial charge in [-0.25, -0.2) is 0 Å². The van der Waals surface area contributed by atoms with E-state index in [9.17, 15) is 5.11 Å². The van der Waals surface area contributed by atoms with Gasteiger partial charge in [-0.3, -0.25) is 0 Å². The summed E-state index contributed by atoms with van der Waals surface area (Å²) >= 11 is 0. The van der Waals surface area contributed by atoms with E-state index in [2.05, 4.69) is 6.92 Å². The number of rotatable bonds is 5. The molecule has 2 heteroatoms. The lowest BCUT2D eigenvalue weighted by Gasteiger charge is -2.27. The van der Waals surface area contributed by atoms with Crippen molar-refractivity contribution >= 4 is 0 Å². The number of aliphatic hydroxyl groups is 1. The first-order valence-electron chi connectivity index (χ1n) is 6.62. The van der Waals surface area contributed by atoms with Crippen molar-refractivity contribution in [1.29, 1.82) is 0 Å². The summed E-state index contributed by atoms with van der Waals surface area (Å²) in [6, 6.07) is 0. The molecule has 0 spiro atoms. The third-order valence-electron chi connectivity index (χ3n) is 4.80. The molecular formula is C13H25NO. The van der Waals surface area contributed by atoms with Crippen LogP contribution < -0.4 is 5.73 Å². The molecule has 0 aromatic heterocycles. The molecule has 2 bridgehead atoms. The molecule has 0 radical (unpaired) electrons. The monoisotopic (exact) mass is 211 g/mol. The van der Waals surface area contributed by atoms with Crippen LogP contribution >= 0.6 is 0 Å². The first kappa shape index (κ1) is 11.4. The zero-order chi connectivity index (χ0) is 10.8. The van der Waals surface area contributed by atoms with Crippen LogP contribution in [0, 0.1) is 23.7 Å². The van der Waals surface area contributed by atoms with E-state index in [-0.39, 0.29) is 6.10 Å². The van der Waals surface area contributed by atoms with Gasteiger partial charge in [0, 0.05) is 0 Å². The molecule has 5 atom stereocenters. The van der Waals surface area contributed by atoms with Crippen LogP contribution in [0.1, 0.15) is 45.4 Å². The second kappa shape index (κ2) is 4.84. The summed E-state index contributed by atoms with van der Waals surface area (Å²) in [5.41, 5.74) is 5.67. The average Bonchev–Trinajstić information content (AvgIpc) is 2.81. The number of hydrogen-bond acceptors (Lipinski definition) is 2. The summed E-state index contributed by atoms with van der Waals surface area (Å²) in [7, 11) is 0. The molecule has 0 aliphatic heterocycles. The Morgan fingerprint density at radius 1 is 1.33 bits per heavy atom. The maximum atomic E-state index is 10.1. The van der Waals surface area contributed by atoms with Crippen LogP contribution in [0.2, 0.25) is 0 Å². The standard InChI is InChI=1S/C13H25NO/c1-2-10(8-14)13(15)7-12-6-9-3-4-11(12)5-9/h9-13,15H,2-8,14H2,1H3. The molecule has 15 heavy (non-hydrogen) atoms. The fraction of sp³-hybridized carbons (Fsp3) is 1.00. The van der Waals surface area contributed by atoms with Gasteiger partial charge in [0.2, 0.25) is 0 Å². The second-order valence-corrected chi connectivity index (χ2v) is 5.64. The van der Waals surface area contributed by atoms with Gasteiger partial charge in [-0.05, 0) is 62.3 Å². The van der Waals surface area contributed by atoms with Gasteiger partial charge >= 0.3 is 0 Å². The summed E-state index contributed by atoms with van der Waals surface area (Å²) in [5, 5.41) is 10.1. The maximum Gasteiger partial charge on any atom is 0.0583 e. The number of aliphatic hydroxyl groups excluding tert-OH is 1. The molecule has 0 saturated heterocycles. The largest absolute Gasteiger partial charge is 0.393 e. The topological polar surface area (TPSA) is 46.2 Å². The first-order chi connectivity index (χ1) is 7.24. The third-order valence-corrected chi connectivity index (χ3v) is 4.80. The Labute approximate surface area is 93.2 Å². The summed E-state index contributed by atoms with van der Waals surface area (Å²) in [6.07, 6.45) is 7.56. The van der Waals surface area contributed by atoms with Crippen LogP contribution in [-0.2, 0) is 0 Å². The molecule has 0 amide bonds. The molecule has 3 N–H and O–H groups in total. The Bertz CT molecular complexity index is 203. The van der Waals surface area contributed by atoms with Crippen molar-refractivity contribution in [2.75, 3.05) is 6.54 Å². The van der Waals surface area contributed by atoms with Crippen LogP contribution in [0.15, 0.2) is 0 Å². The highest BCUT2D eigenvalue weighted by atomic mass is 16.3. The van der Waals surface area contributed by atoms with Gasteiger partial charge in [-0.1, -0.05) is 13.3 Å². The highest BCUT2D eigenvalue weighted by Gasteiger charge is 2.40. The van der Waals surface area contributed by atoms with E-state index >= 15 is 0 Å². The van der Waals surface area contributed by atoms with Crippen LogP contribution in [-0.4, -0.2) is 17.8 Å². The molecule has 88 valence electrons. The Morgan fingerprint density at radius 3 is 2.60 bits per heavy atom. The molecule has 2 fully saturated rings. The summed E-state index contributed by atoms with van der Waals surface area (Å²) < 4.78 is 0. The van der Waals surface area contributed by atoms with Crippen molar-refractivity contribution < 1.29 is 5.11 Å². The van der Waals surface area contributed by atoms with E-state index in [1.165, 1.54) is 25.7 Å². The SMILES string of the molecule is CCC(CN)C(O)CC1CC2CCC1C2.